The Morgan fingerprint density at radius 2 is 2.00 bits per heavy atom. The molecule has 1 N–H and O–H groups in total. The molecule has 1 unspecified atom stereocenters. The third-order valence-electron chi connectivity index (χ3n) is 0.390. The molecule has 6 heavy (non-hydrogen) atoms. The average Bonchev–Trinajstić information content (AvgIpc) is 1.30. The maximum Gasteiger partial charge on any atom is 0.215 e. The van der Waals surface area contributed by atoms with Gasteiger partial charge in [0.25, 0.3) is 0 Å². The maximum absolute atomic E-state index is 8.10. The molecule has 0 bridgehead atoms. The monoisotopic (exact) mass is 124 g/mol. The van der Waals surface area contributed by atoms with Crippen molar-refractivity contribution in [2.45, 2.75) is 6.29 Å². The molecular weight excluding hydrogens is 120 g/mol. The molecule has 1 fully saturated rings. The molecule has 0 radical (unpaired) electrons. The Hall–Kier alpha value is 0.594. The van der Waals surface area contributed by atoms with E-state index in [1.807, 2.05) is 0 Å². The van der Waals surface area contributed by atoms with Crippen LogP contribution in [0.3, 0.4) is 0 Å². The standard InChI is InChI=1S/C2H4O3.Ti/c3-2-1-4-5-2;/h2-3H,1H2;. The summed E-state index contributed by atoms with van der Waals surface area (Å²) in [6.07, 6.45) is -0.657. The molecule has 3 nitrogen and oxygen atoms in total. The summed E-state index contributed by atoms with van der Waals surface area (Å²) in [5, 5.41) is 8.10. The molecule has 4 heteroatoms. The van der Waals surface area contributed by atoms with Crippen molar-refractivity contribution in [3.05, 3.63) is 0 Å². The Bertz CT molecular complexity index is 35.8. The van der Waals surface area contributed by atoms with E-state index < -0.39 is 6.29 Å². The predicted molar refractivity (Wildman–Crippen MR) is 13.0 cm³/mol. The van der Waals surface area contributed by atoms with E-state index in [-0.39, 0.29) is 21.7 Å². The molecule has 0 aromatic carbocycles. The van der Waals surface area contributed by atoms with Gasteiger partial charge in [-0.3, -0.25) is 0 Å². The zero-order valence-electron chi connectivity index (χ0n) is 3.05. The molecule has 34 valence electrons. The third-order valence-corrected chi connectivity index (χ3v) is 0.390. The van der Waals surface area contributed by atoms with Crippen molar-refractivity contribution in [3.8, 4) is 0 Å². The van der Waals surface area contributed by atoms with Crippen LogP contribution in [0.4, 0.5) is 0 Å². The van der Waals surface area contributed by atoms with Gasteiger partial charge in [-0.25, -0.2) is 9.78 Å². The van der Waals surface area contributed by atoms with Crippen molar-refractivity contribution >= 4 is 0 Å². The van der Waals surface area contributed by atoms with E-state index in [1.165, 1.54) is 0 Å². The van der Waals surface area contributed by atoms with Gasteiger partial charge >= 0.3 is 0 Å². The van der Waals surface area contributed by atoms with Gasteiger partial charge in [0, 0.05) is 21.7 Å². The largest absolute Gasteiger partial charge is 0.364 e. The first-order valence-corrected chi connectivity index (χ1v) is 1.36. The Labute approximate surface area is 50.1 Å². The van der Waals surface area contributed by atoms with Crippen molar-refractivity contribution in [3.63, 3.8) is 0 Å². The second-order valence-corrected chi connectivity index (χ2v) is 0.835. The van der Waals surface area contributed by atoms with Crippen LogP contribution < -0.4 is 0 Å². The van der Waals surface area contributed by atoms with Crippen molar-refractivity contribution in [2.24, 2.45) is 0 Å². The first-order chi connectivity index (χ1) is 2.39. The fourth-order valence-corrected chi connectivity index (χ4v) is 0.129. The van der Waals surface area contributed by atoms with E-state index in [4.69, 9.17) is 5.11 Å². The van der Waals surface area contributed by atoms with Gasteiger partial charge in [-0.05, 0) is 0 Å². The number of hydrogen-bond donors (Lipinski definition) is 1. The first-order valence-electron chi connectivity index (χ1n) is 1.36. The zero-order chi connectivity index (χ0) is 3.70. The fourth-order valence-electron chi connectivity index (χ4n) is 0.129. The fraction of sp³-hybridized carbons (Fsp3) is 1.00. The van der Waals surface area contributed by atoms with E-state index in [9.17, 15) is 0 Å². The smallest absolute Gasteiger partial charge is 0.215 e. The van der Waals surface area contributed by atoms with E-state index in [0.29, 0.717) is 6.61 Å². The second kappa shape index (κ2) is 2.72. The predicted octanol–water partition coefficient (Wildman–Crippen LogP) is -0.736. The van der Waals surface area contributed by atoms with E-state index in [2.05, 4.69) is 9.78 Å². The van der Waals surface area contributed by atoms with Crippen molar-refractivity contribution in [1.82, 2.24) is 0 Å². The maximum atomic E-state index is 8.10. The summed E-state index contributed by atoms with van der Waals surface area (Å²) in [6.45, 7) is 0.319. The topological polar surface area (TPSA) is 38.7 Å². The molecule has 1 rings (SSSR count). The summed E-state index contributed by atoms with van der Waals surface area (Å²) < 4.78 is 0. The van der Waals surface area contributed by atoms with Crippen molar-refractivity contribution < 1.29 is 36.6 Å². The van der Waals surface area contributed by atoms with Crippen LogP contribution in [-0.2, 0) is 31.5 Å². The molecule has 0 aromatic heterocycles. The third kappa shape index (κ3) is 1.36. The Morgan fingerprint density at radius 3 is 2.00 bits per heavy atom. The second-order valence-electron chi connectivity index (χ2n) is 0.835. The Kier molecular flexibility index (Phi) is 2.98. The molecule has 1 aliphatic heterocycles. The molecule has 1 saturated heterocycles. The normalized spacial score (nSPS) is 30.5. The van der Waals surface area contributed by atoms with Gasteiger partial charge in [-0.1, -0.05) is 0 Å². The summed E-state index contributed by atoms with van der Waals surface area (Å²) in [5.74, 6) is 0. The van der Waals surface area contributed by atoms with Gasteiger partial charge in [0.1, 0.15) is 6.61 Å². The van der Waals surface area contributed by atoms with Crippen LogP contribution >= 0.6 is 0 Å². The van der Waals surface area contributed by atoms with E-state index >= 15 is 0 Å². The van der Waals surface area contributed by atoms with Gasteiger partial charge in [0.05, 0.1) is 0 Å². The van der Waals surface area contributed by atoms with Crippen molar-refractivity contribution in [2.75, 3.05) is 6.61 Å². The molecule has 0 spiro atoms. The minimum absolute atomic E-state index is 0. The first kappa shape index (κ1) is 6.59. The average molecular weight is 124 g/mol. The molecule has 1 aliphatic rings. The molecule has 0 aliphatic carbocycles. The van der Waals surface area contributed by atoms with Gasteiger partial charge in [0.15, 0.2) is 0 Å². The van der Waals surface area contributed by atoms with Crippen LogP contribution in [-0.4, -0.2) is 18.0 Å². The van der Waals surface area contributed by atoms with Crippen LogP contribution in [0.2, 0.25) is 0 Å². The van der Waals surface area contributed by atoms with Gasteiger partial charge in [-0.15, -0.1) is 0 Å². The quantitative estimate of drug-likeness (QED) is 0.341. The van der Waals surface area contributed by atoms with Gasteiger partial charge in [-0.2, -0.15) is 0 Å². The number of rotatable bonds is 0. The molecule has 0 aromatic rings. The minimum Gasteiger partial charge on any atom is -0.364 e. The number of hydrogen-bond acceptors (Lipinski definition) is 3. The summed E-state index contributed by atoms with van der Waals surface area (Å²) in [4.78, 5) is 8.07. The van der Waals surface area contributed by atoms with Crippen LogP contribution in [0.1, 0.15) is 0 Å². The SMILES string of the molecule is OC1COO1.[Ti]. The van der Waals surface area contributed by atoms with Gasteiger partial charge < -0.3 is 5.11 Å². The zero-order valence-corrected chi connectivity index (χ0v) is 4.61. The molecule has 1 atom stereocenters. The van der Waals surface area contributed by atoms with Crippen LogP contribution in [0.15, 0.2) is 0 Å². The summed E-state index contributed by atoms with van der Waals surface area (Å²) in [7, 11) is 0. The molecule has 0 saturated carbocycles. The van der Waals surface area contributed by atoms with Crippen LogP contribution in [0, 0.1) is 0 Å². The van der Waals surface area contributed by atoms with Crippen LogP contribution in [0.5, 0.6) is 0 Å². The van der Waals surface area contributed by atoms with Gasteiger partial charge in [0.2, 0.25) is 6.29 Å². The summed E-state index contributed by atoms with van der Waals surface area (Å²) in [5.41, 5.74) is 0. The number of aliphatic hydroxyl groups is 1. The molecule has 1 heterocycles. The van der Waals surface area contributed by atoms with E-state index in [1.54, 1.807) is 0 Å². The minimum atomic E-state index is -0.657. The number of aliphatic hydroxyl groups excluding tert-OH is 1. The Balaban J connectivity index is 0.000000250. The van der Waals surface area contributed by atoms with Crippen LogP contribution in [0.25, 0.3) is 0 Å². The summed E-state index contributed by atoms with van der Waals surface area (Å²) in [6, 6.07) is 0. The Morgan fingerprint density at radius 1 is 1.67 bits per heavy atom. The molecule has 0 amide bonds. The van der Waals surface area contributed by atoms with Crippen molar-refractivity contribution in [1.29, 1.82) is 0 Å². The molecular formula is C2H4O3Ti. The summed E-state index contributed by atoms with van der Waals surface area (Å²) >= 11 is 0. The van der Waals surface area contributed by atoms with E-state index in [0.717, 1.165) is 0 Å².